The number of rotatable bonds is 16. The summed E-state index contributed by atoms with van der Waals surface area (Å²) in [7, 11) is 0. The van der Waals surface area contributed by atoms with Gasteiger partial charge in [0.25, 0.3) is 0 Å². The van der Waals surface area contributed by atoms with Gasteiger partial charge in [0.2, 0.25) is 11.8 Å². The average Bonchev–Trinajstić information content (AvgIpc) is 3.53. The molecule has 5 rings (SSSR count). The third-order valence-corrected chi connectivity index (χ3v) is 8.77. The first-order valence-electron chi connectivity index (χ1n) is 15.5. The minimum Gasteiger partial charge on any atom is -0.370 e. The number of aryl methyl sites for hydroxylation is 2. The van der Waals surface area contributed by atoms with Gasteiger partial charge in [0, 0.05) is 37.4 Å². The maximum atomic E-state index is 13.9. The third kappa shape index (κ3) is 8.24. The van der Waals surface area contributed by atoms with E-state index >= 15 is 0 Å². The fourth-order valence-electron chi connectivity index (χ4n) is 6.31. The molecule has 0 saturated heterocycles. The molecule has 44 heavy (non-hydrogen) atoms. The number of imidazole rings is 1. The van der Waals surface area contributed by atoms with Gasteiger partial charge in [-0.2, -0.15) is 0 Å². The molecular weight excluding hydrogens is 550 g/mol. The van der Waals surface area contributed by atoms with E-state index in [9.17, 15) is 9.59 Å². The Hall–Kier alpha value is -4.66. The SMILES string of the molecule is NC(N)=NCCC[C@]1(C(=O)NCCc2ccc3ccccc3c2)C[C@@H]1[C@@H](CCc1ccccc1)NC(=O)CCc1cnc[nH]1. The van der Waals surface area contributed by atoms with Gasteiger partial charge in [0.1, 0.15) is 0 Å². The Balaban J connectivity index is 1.26. The predicted molar refractivity (Wildman–Crippen MR) is 175 cm³/mol. The van der Waals surface area contributed by atoms with Crippen LogP contribution in [0.25, 0.3) is 10.8 Å². The average molecular weight is 594 g/mol. The number of aliphatic imine (C=N–C) groups is 1. The number of nitrogens with two attached hydrogens (primary N) is 2. The molecule has 4 aromatic rings. The highest BCUT2D eigenvalue weighted by atomic mass is 16.2. The summed E-state index contributed by atoms with van der Waals surface area (Å²) in [4.78, 5) is 38.3. The van der Waals surface area contributed by atoms with Gasteiger partial charge in [0.05, 0.1) is 11.7 Å². The molecule has 0 unspecified atom stereocenters. The lowest BCUT2D eigenvalue weighted by atomic mass is 9.90. The van der Waals surface area contributed by atoms with Gasteiger partial charge in [-0.3, -0.25) is 14.6 Å². The van der Waals surface area contributed by atoms with Crippen LogP contribution < -0.4 is 22.1 Å². The first-order chi connectivity index (χ1) is 21.4. The molecule has 1 fully saturated rings. The standard InChI is InChI=1S/C35H43N7O2/c36-34(37)40-19-6-18-35(33(44)39-20-17-26-11-13-27-9-4-5-10-28(27)21-26)22-30(35)31(15-12-25-7-2-1-3-8-25)42-32(43)16-14-29-23-38-24-41-29/h1-5,7-11,13,21,23-24,30-31H,6,12,14-20,22H2,(H,38,41)(H,39,44)(H,42,43)(H4,36,37,40)/t30-,31-,35+/m1/s1. The van der Waals surface area contributed by atoms with Gasteiger partial charge >= 0.3 is 0 Å². The van der Waals surface area contributed by atoms with Crippen molar-refractivity contribution in [3.05, 3.63) is 102 Å². The molecule has 0 bridgehead atoms. The quantitative estimate of drug-likeness (QED) is 0.0755. The zero-order valence-corrected chi connectivity index (χ0v) is 25.2. The number of hydrogen-bond acceptors (Lipinski definition) is 4. The first kappa shape index (κ1) is 30.8. The highest BCUT2D eigenvalue weighted by Crippen LogP contribution is 2.58. The zero-order chi connectivity index (χ0) is 30.8. The zero-order valence-electron chi connectivity index (χ0n) is 25.2. The van der Waals surface area contributed by atoms with E-state index in [1.165, 1.54) is 21.9 Å². The van der Waals surface area contributed by atoms with Crippen LogP contribution in [0.3, 0.4) is 0 Å². The monoisotopic (exact) mass is 593 g/mol. The predicted octanol–water partition coefficient (Wildman–Crippen LogP) is 4.03. The van der Waals surface area contributed by atoms with Gasteiger partial charge in [-0.25, -0.2) is 4.98 Å². The lowest BCUT2D eigenvalue weighted by Crippen LogP contribution is -2.42. The number of aromatic amines is 1. The number of amides is 2. The fourth-order valence-corrected chi connectivity index (χ4v) is 6.31. The van der Waals surface area contributed by atoms with Crippen molar-refractivity contribution in [1.82, 2.24) is 20.6 Å². The smallest absolute Gasteiger partial charge is 0.226 e. The van der Waals surface area contributed by atoms with Crippen LogP contribution in [0.15, 0.2) is 90.3 Å². The van der Waals surface area contributed by atoms with E-state index in [0.29, 0.717) is 38.8 Å². The Morgan fingerprint density at radius 3 is 2.55 bits per heavy atom. The maximum absolute atomic E-state index is 13.9. The Morgan fingerprint density at radius 2 is 1.77 bits per heavy atom. The van der Waals surface area contributed by atoms with E-state index in [-0.39, 0.29) is 29.7 Å². The van der Waals surface area contributed by atoms with Crippen molar-refractivity contribution in [2.24, 2.45) is 27.8 Å². The number of guanidine groups is 1. The van der Waals surface area contributed by atoms with Crippen LogP contribution in [0.4, 0.5) is 0 Å². The highest BCUT2D eigenvalue weighted by molar-refractivity contribution is 5.87. The van der Waals surface area contributed by atoms with Crippen LogP contribution in [-0.2, 0) is 28.9 Å². The van der Waals surface area contributed by atoms with Crippen molar-refractivity contribution >= 4 is 28.5 Å². The molecule has 3 aromatic carbocycles. The second-order valence-corrected chi connectivity index (χ2v) is 11.8. The van der Waals surface area contributed by atoms with Crippen LogP contribution >= 0.6 is 0 Å². The summed E-state index contributed by atoms with van der Waals surface area (Å²) in [5.41, 5.74) is 13.9. The molecule has 1 aliphatic rings. The number of carbonyl (C=O) groups excluding carboxylic acids is 2. The molecule has 1 aliphatic carbocycles. The molecule has 9 heteroatoms. The Bertz CT molecular complexity index is 1550. The molecule has 0 spiro atoms. The summed E-state index contributed by atoms with van der Waals surface area (Å²) < 4.78 is 0. The van der Waals surface area contributed by atoms with E-state index in [4.69, 9.17) is 11.5 Å². The largest absolute Gasteiger partial charge is 0.370 e. The number of nitrogens with zero attached hydrogens (tertiary/aromatic N) is 2. The van der Waals surface area contributed by atoms with Crippen molar-refractivity contribution < 1.29 is 9.59 Å². The third-order valence-electron chi connectivity index (χ3n) is 8.77. The van der Waals surface area contributed by atoms with Gasteiger partial charge in [0.15, 0.2) is 5.96 Å². The second kappa shape index (κ2) is 14.7. The van der Waals surface area contributed by atoms with Crippen molar-refractivity contribution in [3.63, 3.8) is 0 Å². The first-order valence-corrected chi connectivity index (χ1v) is 15.5. The van der Waals surface area contributed by atoms with E-state index < -0.39 is 5.41 Å². The summed E-state index contributed by atoms with van der Waals surface area (Å²) >= 11 is 0. The lowest BCUT2D eigenvalue weighted by molar-refractivity contribution is -0.128. The Labute approximate surface area is 258 Å². The number of hydrogen-bond donors (Lipinski definition) is 5. The summed E-state index contributed by atoms with van der Waals surface area (Å²) in [6.45, 7) is 1.01. The number of H-pyrrole nitrogens is 1. The lowest BCUT2D eigenvalue weighted by Gasteiger charge is -2.24. The van der Waals surface area contributed by atoms with Crippen molar-refractivity contribution in [1.29, 1.82) is 0 Å². The number of nitrogens with one attached hydrogen (secondary N) is 3. The Kier molecular flexibility index (Phi) is 10.3. The second-order valence-electron chi connectivity index (χ2n) is 11.8. The number of fused-ring (bicyclic) bond motifs is 1. The minimum atomic E-state index is -0.569. The molecule has 1 saturated carbocycles. The van der Waals surface area contributed by atoms with Crippen LogP contribution in [0.5, 0.6) is 0 Å². The van der Waals surface area contributed by atoms with Gasteiger partial charge in [-0.15, -0.1) is 0 Å². The van der Waals surface area contributed by atoms with E-state index in [0.717, 1.165) is 31.4 Å². The van der Waals surface area contributed by atoms with Crippen LogP contribution in [0.2, 0.25) is 0 Å². The molecule has 1 aromatic heterocycles. The Morgan fingerprint density at radius 1 is 0.977 bits per heavy atom. The van der Waals surface area contributed by atoms with Gasteiger partial charge in [-0.1, -0.05) is 72.8 Å². The number of aromatic nitrogens is 2. The summed E-state index contributed by atoms with van der Waals surface area (Å²) in [5, 5.41) is 8.94. The molecular formula is C35H43N7O2. The topological polar surface area (TPSA) is 151 Å². The van der Waals surface area contributed by atoms with Crippen LogP contribution in [-0.4, -0.2) is 46.9 Å². The summed E-state index contributed by atoms with van der Waals surface area (Å²) in [5.74, 6) is 0.110. The molecule has 9 nitrogen and oxygen atoms in total. The summed E-state index contributed by atoms with van der Waals surface area (Å²) in [6, 6.07) is 24.9. The number of benzene rings is 3. The maximum Gasteiger partial charge on any atom is 0.226 e. The fraction of sp³-hybridized carbons (Fsp3) is 0.371. The summed E-state index contributed by atoms with van der Waals surface area (Å²) in [6.07, 6.45) is 8.67. The minimum absolute atomic E-state index is 0.0179. The van der Waals surface area contributed by atoms with E-state index in [1.54, 1.807) is 12.5 Å². The van der Waals surface area contributed by atoms with Crippen molar-refractivity contribution in [2.75, 3.05) is 13.1 Å². The van der Waals surface area contributed by atoms with Crippen molar-refractivity contribution in [2.45, 2.75) is 57.4 Å². The number of carbonyl (C=O) groups is 2. The molecule has 230 valence electrons. The molecule has 1 heterocycles. The van der Waals surface area contributed by atoms with E-state index in [1.807, 2.05) is 30.3 Å². The normalized spacial score (nSPS) is 18.0. The van der Waals surface area contributed by atoms with E-state index in [2.05, 4.69) is 68.1 Å². The molecule has 7 N–H and O–H groups in total. The molecule has 0 aliphatic heterocycles. The molecule has 3 atom stereocenters. The van der Waals surface area contributed by atoms with Gasteiger partial charge in [-0.05, 0) is 72.8 Å². The van der Waals surface area contributed by atoms with Gasteiger partial charge < -0.3 is 27.1 Å². The van der Waals surface area contributed by atoms with Crippen molar-refractivity contribution in [3.8, 4) is 0 Å². The molecule has 0 radical (unpaired) electrons. The molecule has 2 amide bonds. The van der Waals surface area contributed by atoms with Crippen LogP contribution in [0, 0.1) is 11.3 Å². The highest BCUT2D eigenvalue weighted by Gasteiger charge is 2.61. The van der Waals surface area contributed by atoms with Crippen LogP contribution in [0.1, 0.15) is 48.9 Å².